The maximum absolute atomic E-state index is 12.8. The zero-order valence-corrected chi connectivity index (χ0v) is 14.0. The molecule has 3 rings (SSSR count). The van der Waals surface area contributed by atoms with Crippen LogP contribution in [0.2, 0.25) is 0 Å². The Bertz CT molecular complexity index is 844. The summed E-state index contributed by atoms with van der Waals surface area (Å²) < 4.78 is 32.9. The predicted octanol–water partition coefficient (Wildman–Crippen LogP) is 4.24. The normalized spacial score (nSPS) is 11.4. The minimum absolute atomic E-state index is 0.237. The molecule has 0 atom stereocenters. The first kappa shape index (κ1) is 15.8. The number of halogens is 3. The first-order chi connectivity index (χ1) is 10.9. The highest BCUT2D eigenvalue weighted by Crippen LogP contribution is 2.26. The Labute approximate surface area is 139 Å². The fourth-order valence-corrected chi connectivity index (χ4v) is 2.40. The van der Waals surface area contributed by atoms with Crippen molar-refractivity contribution in [1.82, 2.24) is 19.9 Å². The lowest BCUT2D eigenvalue weighted by atomic mass is 10.1. The third-order valence-corrected chi connectivity index (χ3v) is 4.14. The van der Waals surface area contributed by atoms with E-state index in [1.54, 1.807) is 13.0 Å². The molecule has 2 heterocycles. The highest BCUT2D eigenvalue weighted by molar-refractivity contribution is 9.10. The Morgan fingerprint density at radius 1 is 1.26 bits per heavy atom. The molecular weight excluding hydrogens is 370 g/mol. The summed E-state index contributed by atoms with van der Waals surface area (Å²) in [5.74, 6) is 0.919. The second-order valence-corrected chi connectivity index (χ2v) is 5.98. The van der Waals surface area contributed by atoms with Crippen molar-refractivity contribution in [1.29, 1.82) is 0 Å². The molecule has 0 N–H and O–H groups in total. The lowest BCUT2D eigenvalue weighted by Gasteiger charge is -2.02. The largest absolute Gasteiger partial charge is 0.353 e. The molecule has 8 heteroatoms. The van der Waals surface area contributed by atoms with Gasteiger partial charge in [-0.2, -0.15) is 5.10 Å². The van der Waals surface area contributed by atoms with E-state index in [-0.39, 0.29) is 5.82 Å². The molecule has 23 heavy (non-hydrogen) atoms. The summed E-state index contributed by atoms with van der Waals surface area (Å²) in [6.45, 7) is 3.13. The van der Waals surface area contributed by atoms with Crippen LogP contribution in [0.15, 0.2) is 33.3 Å². The van der Waals surface area contributed by atoms with Gasteiger partial charge in [0.1, 0.15) is 6.54 Å². The van der Waals surface area contributed by atoms with Crippen LogP contribution in [-0.2, 0) is 6.54 Å². The predicted molar refractivity (Wildman–Crippen MR) is 84.1 cm³/mol. The van der Waals surface area contributed by atoms with E-state index in [1.807, 2.05) is 25.1 Å². The maximum atomic E-state index is 12.8. The highest BCUT2D eigenvalue weighted by Gasteiger charge is 2.19. The number of alkyl halides is 2. The van der Waals surface area contributed by atoms with Gasteiger partial charge in [-0.25, -0.2) is 18.4 Å². The summed E-state index contributed by atoms with van der Waals surface area (Å²) in [4.78, 5) is 4.36. The molecule has 0 radical (unpaired) electrons. The fraction of sp³-hybridized carbons (Fsp3) is 0.267. The average Bonchev–Trinajstić information content (AvgIpc) is 3.08. The van der Waals surface area contributed by atoms with Crippen molar-refractivity contribution >= 4 is 15.9 Å². The molecular formula is C15H13BrF2N4O. The van der Waals surface area contributed by atoms with Gasteiger partial charge in [-0.05, 0) is 37.6 Å². The van der Waals surface area contributed by atoms with Gasteiger partial charge in [-0.15, -0.1) is 0 Å². The van der Waals surface area contributed by atoms with Crippen molar-refractivity contribution in [2.75, 3.05) is 0 Å². The van der Waals surface area contributed by atoms with Crippen molar-refractivity contribution in [2.45, 2.75) is 26.8 Å². The van der Waals surface area contributed by atoms with E-state index in [0.717, 1.165) is 20.3 Å². The molecule has 0 bridgehead atoms. The summed E-state index contributed by atoms with van der Waals surface area (Å²) in [6, 6.07) is 7.23. The quantitative estimate of drug-likeness (QED) is 0.676. The van der Waals surface area contributed by atoms with E-state index < -0.39 is 13.0 Å². The molecule has 0 fully saturated rings. The summed E-state index contributed by atoms with van der Waals surface area (Å²) >= 11 is 3.43. The highest BCUT2D eigenvalue weighted by atomic mass is 79.9. The Morgan fingerprint density at radius 3 is 2.65 bits per heavy atom. The smallest absolute Gasteiger partial charge is 0.258 e. The molecule has 2 aromatic heterocycles. The van der Waals surface area contributed by atoms with Gasteiger partial charge in [0, 0.05) is 16.1 Å². The molecule has 120 valence electrons. The molecule has 0 unspecified atom stereocenters. The Kier molecular flexibility index (Phi) is 4.25. The number of benzene rings is 1. The van der Waals surface area contributed by atoms with Crippen LogP contribution in [-0.4, -0.2) is 26.3 Å². The summed E-state index contributed by atoms with van der Waals surface area (Å²) in [7, 11) is 0. The topological polar surface area (TPSA) is 56.7 Å². The summed E-state index contributed by atoms with van der Waals surface area (Å²) in [5, 5.41) is 7.97. The Hall–Kier alpha value is -2.09. The number of aromatic nitrogens is 4. The zero-order chi connectivity index (χ0) is 16.6. The molecule has 5 nitrogen and oxygen atoms in total. The van der Waals surface area contributed by atoms with Gasteiger partial charge in [-0.3, -0.25) is 0 Å². The molecule has 3 aromatic rings. The van der Waals surface area contributed by atoms with Gasteiger partial charge in [0.15, 0.2) is 11.6 Å². The molecule has 1 aromatic carbocycles. The van der Waals surface area contributed by atoms with E-state index in [4.69, 9.17) is 4.52 Å². The second-order valence-electron chi connectivity index (χ2n) is 5.13. The zero-order valence-electron chi connectivity index (χ0n) is 12.4. The minimum atomic E-state index is -2.54. The fourth-order valence-electron chi connectivity index (χ4n) is 2.16. The second kappa shape index (κ2) is 6.19. The van der Waals surface area contributed by atoms with Gasteiger partial charge >= 0.3 is 0 Å². The van der Waals surface area contributed by atoms with Gasteiger partial charge < -0.3 is 4.52 Å². The lowest BCUT2D eigenvalue weighted by molar-refractivity contribution is 0.122. The molecule has 0 saturated heterocycles. The number of hydrogen-bond donors (Lipinski definition) is 0. The van der Waals surface area contributed by atoms with Crippen molar-refractivity contribution < 1.29 is 13.3 Å². The van der Waals surface area contributed by atoms with E-state index in [9.17, 15) is 8.78 Å². The average molecular weight is 383 g/mol. The number of aryl methyl sites for hydroxylation is 2. The van der Waals surface area contributed by atoms with E-state index >= 15 is 0 Å². The first-order valence-corrected chi connectivity index (χ1v) is 7.66. The van der Waals surface area contributed by atoms with Gasteiger partial charge in [0.2, 0.25) is 5.76 Å². The summed E-state index contributed by atoms with van der Waals surface area (Å²) in [6.07, 6.45) is -2.54. The standard InChI is InChI=1S/C15H13BrF2N4O/c1-8-5-10(3-4-11(8)16)14-19-15(12-6-9(2)21-23-12)22(20-14)7-13(17)18/h3-6,13H,7H2,1-2H3. The number of rotatable bonds is 4. The molecule has 0 aliphatic rings. The molecule has 0 saturated carbocycles. The maximum Gasteiger partial charge on any atom is 0.258 e. The lowest BCUT2D eigenvalue weighted by Crippen LogP contribution is -2.09. The van der Waals surface area contributed by atoms with Crippen LogP contribution in [0.25, 0.3) is 23.0 Å². The van der Waals surface area contributed by atoms with E-state index in [2.05, 4.69) is 31.2 Å². The minimum Gasteiger partial charge on any atom is -0.353 e. The van der Waals surface area contributed by atoms with Gasteiger partial charge in [0.05, 0.1) is 5.69 Å². The summed E-state index contributed by atoms with van der Waals surface area (Å²) in [5.41, 5.74) is 2.40. The molecule has 0 amide bonds. The molecule has 0 spiro atoms. The van der Waals surface area contributed by atoms with Gasteiger partial charge in [0.25, 0.3) is 6.43 Å². The van der Waals surface area contributed by atoms with Crippen molar-refractivity contribution in [3.63, 3.8) is 0 Å². The van der Waals surface area contributed by atoms with Crippen molar-refractivity contribution in [3.05, 3.63) is 40.0 Å². The third-order valence-electron chi connectivity index (χ3n) is 3.25. The van der Waals surface area contributed by atoms with Crippen LogP contribution in [0.3, 0.4) is 0 Å². The Morgan fingerprint density at radius 2 is 2.04 bits per heavy atom. The molecule has 0 aliphatic heterocycles. The SMILES string of the molecule is Cc1cc(-c2nc(-c3ccc(Br)c(C)c3)nn2CC(F)F)on1. The Balaban J connectivity index is 2.08. The number of nitrogens with zero attached hydrogens (tertiary/aromatic N) is 4. The monoisotopic (exact) mass is 382 g/mol. The van der Waals surface area contributed by atoms with E-state index in [0.29, 0.717) is 17.3 Å². The first-order valence-electron chi connectivity index (χ1n) is 6.87. The molecule has 0 aliphatic carbocycles. The van der Waals surface area contributed by atoms with Crippen LogP contribution < -0.4 is 0 Å². The van der Waals surface area contributed by atoms with Gasteiger partial charge in [-0.1, -0.05) is 21.1 Å². The van der Waals surface area contributed by atoms with Crippen molar-refractivity contribution in [3.8, 4) is 23.0 Å². The van der Waals surface area contributed by atoms with Crippen LogP contribution >= 0.6 is 15.9 Å². The third kappa shape index (κ3) is 3.31. The van der Waals surface area contributed by atoms with Crippen LogP contribution in [0.4, 0.5) is 8.78 Å². The van der Waals surface area contributed by atoms with E-state index in [1.165, 1.54) is 0 Å². The van der Waals surface area contributed by atoms with Crippen LogP contribution in [0.5, 0.6) is 0 Å². The van der Waals surface area contributed by atoms with Crippen LogP contribution in [0.1, 0.15) is 11.3 Å². The number of hydrogen-bond acceptors (Lipinski definition) is 4. The van der Waals surface area contributed by atoms with Crippen LogP contribution in [0, 0.1) is 13.8 Å². The van der Waals surface area contributed by atoms with Crippen molar-refractivity contribution in [2.24, 2.45) is 0 Å².